The summed E-state index contributed by atoms with van der Waals surface area (Å²) in [5.41, 5.74) is 2.81. The van der Waals surface area contributed by atoms with Gasteiger partial charge in [-0.3, -0.25) is 4.79 Å². The van der Waals surface area contributed by atoms with E-state index in [1.165, 1.54) is 0 Å². The van der Waals surface area contributed by atoms with Crippen molar-refractivity contribution in [2.24, 2.45) is 0 Å². The first kappa shape index (κ1) is 13.4. The van der Waals surface area contributed by atoms with E-state index >= 15 is 0 Å². The van der Waals surface area contributed by atoms with Crippen LogP contribution < -0.4 is 4.74 Å². The fourth-order valence-electron chi connectivity index (χ4n) is 2.66. The molecule has 0 aromatic heterocycles. The molecule has 1 unspecified atom stereocenters. The molecule has 0 amide bonds. The van der Waals surface area contributed by atoms with Crippen LogP contribution in [0.5, 0.6) is 5.75 Å². The highest BCUT2D eigenvalue weighted by atomic mass is 79.9. The van der Waals surface area contributed by atoms with Gasteiger partial charge in [-0.2, -0.15) is 0 Å². The fraction of sp³-hybridized carbons (Fsp3) is 0.235. The Kier molecular flexibility index (Phi) is 3.62. The first-order valence-electron chi connectivity index (χ1n) is 6.69. The number of carbonyl (C=O) groups excluding carboxylic acids is 1. The van der Waals surface area contributed by atoms with Crippen molar-refractivity contribution in [2.75, 3.05) is 6.61 Å². The average Bonchev–Trinajstić information content (AvgIpc) is 2.48. The highest BCUT2D eigenvalue weighted by Gasteiger charge is 2.28. The minimum absolute atomic E-state index is 0.104. The number of ketones is 1. The summed E-state index contributed by atoms with van der Waals surface area (Å²) >= 11 is 3.44. The van der Waals surface area contributed by atoms with Gasteiger partial charge in [0.15, 0.2) is 5.78 Å². The lowest BCUT2D eigenvalue weighted by Gasteiger charge is -2.25. The zero-order chi connectivity index (χ0) is 14.1. The van der Waals surface area contributed by atoms with Crippen molar-refractivity contribution < 1.29 is 9.53 Å². The molecule has 1 aliphatic rings. The number of hydrogen-bond donors (Lipinski definition) is 0. The van der Waals surface area contributed by atoms with E-state index in [2.05, 4.69) is 15.9 Å². The van der Waals surface area contributed by atoms with Crippen LogP contribution in [0.1, 0.15) is 33.8 Å². The van der Waals surface area contributed by atoms with Gasteiger partial charge in [0, 0.05) is 15.6 Å². The summed E-state index contributed by atoms with van der Waals surface area (Å²) < 4.78 is 6.57. The Labute approximate surface area is 126 Å². The summed E-state index contributed by atoms with van der Waals surface area (Å²) in [6, 6.07) is 13.7. The molecule has 0 spiro atoms. The molecule has 1 aliphatic heterocycles. The maximum absolute atomic E-state index is 12.9. The lowest BCUT2D eigenvalue weighted by Crippen LogP contribution is -2.22. The lowest BCUT2D eigenvalue weighted by atomic mass is 9.85. The molecule has 3 heteroatoms. The van der Waals surface area contributed by atoms with Crippen molar-refractivity contribution in [3.05, 3.63) is 63.6 Å². The van der Waals surface area contributed by atoms with Gasteiger partial charge in [0.1, 0.15) is 5.75 Å². The van der Waals surface area contributed by atoms with Gasteiger partial charge in [-0.05, 0) is 37.1 Å². The van der Waals surface area contributed by atoms with Gasteiger partial charge in [-0.25, -0.2) is 0 Å². The van der Waals surface area contributed by atoms with Crippen LogP contribution in [0.2, 0.25) is 0 Å². The minimum Gasteiger partial charge on any atom is -0.493 e. The Bertz CT molecular complexity index is 664. The number of carbonyl (C=O) groups is 1. The second kappa shape index (κ2) is 5.41. The zero-order valence-electron chi connectivity index (χ0n) is 11.2. The topological polar surface area (TPSA) is 26.3 Å². The molecule has 2 aromatic rings. The summed E-state index contributed by atoms with van der Waals surface area (Å²) in [6.45, 7) is 2.57. The second-order valence-corrected chi connectivity index (χ2v) is 5.97. The smallest absolute Gasteiger partial charge is 0.170 e. The number of para-hydroxylation sites is 1. The van der Waals surface area contributed by atoms with Crippen LogP contribution in [0, 0.1) is 6.92 Å². The number of fused-ring (bicyclic) bond motifs is 1. The quantitative estimate of drug-likeness (QED) is 0.757. The predicted octanol–water partition coefficient (Wildman–Crippen LogP) is 4.51. The van der Waals surface area contributed by atoms with Crippen molar-refractivity contribution in [3.8, 4) is 5.75 Å². The molecular formula is C17H15BrO2. The normalized spacial score (nSPS) is 17.2. The Balaban J connectivity index is 2.02. The molecule has 2 nitrogen and oxygen atoms in total. The van der Waals surface area contributed by atoms with E-state index in [1.54, 1.807) is 0 Å². The number of ether oxygens (including phenoxy) is 1. The van der Waals surface area contributed by atoms with Crippen molar-refractivity contribution in [1.82, 2.24) is 0 Å². The maximum atomic E-state index is 12.9. The molecule has 0 fully saturated rings. The van der Waals surface area contributed by atoms with Crippen LogP contribution in [-0.2, 0) is 0 Å². The molecule has 0 saturated heterocycles. The standard InChI is InChI=1S/C17H15BrO2/c1-11-6-7-12(18)10-15(11)17(19)14-8-9-20-16-5-3-2-4-13(14)16/h2-7,10,14H,8-9H2,1H3. The van der Waals surface area contributed by atoms with Gasteiger partial charge in [-0.15, -0.1) is 0 Å². The summed E-state index contributed by atoms with van der Waals surface area (Å²) in [6.07, 6.45) is 0.738. The van der Waals surface area contributed by atoms with Gasteiger partial charge < -0.3 is 4.74 Å². The van der Waals surface area contributed by atoms with Crippen molar-refractivity contribution in [1.29, 1.82) is 0 Å². The zero-order valence-corrected chi connectivity index (χ0v) is 12.8. The number of hydrogen-bond acceptors (Lipinski definition) is 2. The molecule has 102 valence electrons. The number of Topliss-reactive ketones (excluding diaryl/α,β-unsaturated/α-hetero) is 1. The number of benzene rings is 2. The molecule has 1 heterocycles. The maximum Gasteiger partial charge on any atom is 0.170 e. The predicted molar refractivity (Wildman–Crippen MR) is 82.5 cm³/mol. The molecule has 20 heavy (non-hydrogen) atoms. The summed E-state index contributed by atoms with van der Waals surface area (Å²) in [5, 5.41) is 0. The van der Waals surface area contributed by atoms with Crippen LogP contribution in [0.15, 0.2) is 46.9 Å². The third-order valence-corrected chi connectivity index (χ3v) is 4.23. The molecular weight excluding hydrogens is 316 g/mol. The summed E-state index contributed by atoms with van der Waals surface area (Å²) in [7, 11) is 0. The number of rotatable bonds is 2. The summed E-state index contributed by atoms with van der Waals surface area (Å²) in [5.74, 6) is 0.914. The molecule has 0 saturated carbocycles. The average molecular weight is 331 g/mol. The largest absolute Gasteiger partial charge is 0.493 e. The van der Waals surface area contributed by atoms with E-state index in [0.29, 0.717) is 6.61 Å². The molecule has 1 atom stereocenters. The van der Waals surface area contributed by atoms with E-state index in [1.807, 2.05) is 49.4 Å². The van der Waals surface area contributed by atoms with Crippen LogP contribution in [0.4, 0.5) is 0 Å². The Morgan fingerprint density at radius 3 is 2.90 bits per heavy atom. The van der Waals surface area contributed by atoms with Crippen LogP contribution in [0.3, 0.4) is 0 Å². The third-order valence-electron chi connectivity index (χ3n) is 3.74. The van der Waals surface area contributed by atoms with Crippen LogP contribution in [-0.4, -0.2) is 12.4 Å². The van der Waals surface area contributed by atoms with Crippen LogP contribution >= 0.6 is 15.9 Å². The van der Waals surface area contributed by atoms with E-state index in [9.17, 15) is 4.79 Å². The monoisotopic (exact) mass is 330 g/mol. The summed E-state index contributed by atoms with van der Waals surface area (Å²) in [4.78, 5) is 12.9. The highest BCUT2D eigenvalue weighted by Crippen LogP contribution is 2.36. The van der Waals surface area contributed by atoms with E-state index in [4.69, 9.17) is 4.74 Å². The van der Waals surface area contributed by atoms with Crippen LogP contribution in [0.25, 0.3) is 0 Å². The molecule has 3 rings (SSSR count). The van der Waals surface area contributed by atoms with Gasteiger partial charge in [-0.1, -0.05) is 40.2 Å². The van der Waals surface area contributed by atoms with E-state index < -0.39 is 0 Å². The Morgan fingerprint density at radius 1 is 1.25 bits per heavy atom. The van der Waals surface area contributed by atoms with Gasteiger partial charge in [0.2, 0.25) is 0 Å². The first-order chi connectivity index (χ1) is 9.66. The number of aryl methyl sites for hydroxylation is 1. The van der Waals surface area contributed by atoms with Gasteiger partial charge >= 0.3 is 0 Å². The van der Waals surface area contributed by atoms with Gasteiger partial charge in [0.25, 0.3) is 0 Å². The SMILES string of the molecule is Cc1ccc(Br)cc1C(=O)C1CCOc2ccccc21. The number of halogens is 1. The van der Waals surface area contributed by atoms with Crippen molar-refractivity contribution in [2.45, 2.75) is 19.3 Å². The molecule has 0 N–H and O–H groups in total. The lowest BCUT2D eigenvalue weighted by molar-refractivity contribution is 0.0932. The van der Waals surface area contributed by atoms with Gasteiger partial charge in [0.05, 0.1) is 12.5 Å². The Hall–Kier alpha value is -1.61. The fourth-order valence-corrected chi connectivity index (χ4v) is 3.02. The minimum atomic E-state index is -0.104. The van der Waals surface area contributed by atoms with E-state index in [0.717, 1.165) is 33.3 Å². The molecule has 0 aliphatic carbocycles. The molecule has 0 bridgehead atoms. The second-order valence-electron chi connectivity index (χ2n) is 5.05. The Morgan fingerprint density at radius 2 is 2.05 bits per heavy atom. The highest BCUT2D eigenvalue weighted by molar-refractivity contribution is 9.10. The molecule has 0 radical (unpaired) electrons. The first-order valence-corrected chi connectivity index (χ1v) is 7.48. The third kappa shape index (κ3) is 2.38. The van der Waals surface area contributed by atoms with Crippen molar-refractivity contribution in [3.63, 3.8) is 0 Å². The van der Waals surface area contributed by atoms with Crippen molar-refractivity contribution >= 4 is 21.7 Å². The molecule has 2 aromatic carbocycles. The van der Waals surface area contributed by atoms with E-state index in [-0.39, 0.29) is 11.7 Å².